The van der Waals surface area contributed by atoms with E-state index in [1.165, 1.54) is 32.4 Å². The SMILES string of the molecule is I.NC(=NC1CC(N2CCCCC2)C1)Nc1ccccn1. The lowest BCUT2D eigenvalue weighted by Gasteiger charge is -2.43. The topological polar surface area (TPSA) is 66.5 Å². The molecular weight excluding hydrogens is 377 g/mol. The van der Waals surface area contributed by atoms with Crippen molar-refractivity contribution in [3.05, 3.63) is 24.4 Å². The Morgan fingerprint density at radius 2 is 2.00 bits per heavy atom. The van der Waals surface area contributed by atoms with Gasteiger partial charge < -0.3 is 16.0 Å². The van der Waals surface area contributed by atoms with Crippen LogP contribution in [0.4, 0.5) is 5.82 Å². The highest BCUT2D eigenvalue weighted by Crippen LogP contribution is 2.30. The van der Waals surface area contributed by atoms with E-state index in [0.29, 0.717) is 12.0 Å². The Morgan fingerprint density at radius 3 is 2.67 bits per heavy atom. The Kier molecular flexibility index (Phi) is 6.22. The lowest BCUT2D eigenvalue weighted by molar-refractivity contribution is 0.0912. The molecule has 3 rings (SSSR count). The van der Waals surface area contributed by atoms with Crippen LogP contribution in [-0.2, 0) is 0 Å². The molecule has 1 aromatic rings. The van der Waals surface area contributed by atoms with Crippen LogP contribution in [0.25, 0.3) is 0 Å². The fourth-order valence-corrected chi connectivity index (χ4v) is 3.04. The number of hydrogen-bond acceptors (Lipinski definition) is 3. The summed E-state index contributed by atoms with van der Waals surface area (Å²) in [6.45, 7) is 2.53. The quantitative estimate of drug-likeness (QED) is 0.464. The smallest absolute Gasteiger partial charge is 0.194 e. The fourth-order valence-electron chi connectivity index (χ4n) is 3.04. The second-order valence-electron chi connectivity index (χ2n) is 5.73. The molecule has 1 aromatic heterocycles. The van der Waals surface area contributed by atoms with Crippen molar-refractivity contribution in [1.82, 2.24) is 9.88 Å². The third-order valence-electron chi connectivity index (χ3n) is 4.24. The van der Waals surface area contributed by atoms with Gasteiger partial charge in [0.2, 0.25) is 0 Å². The molecule has 0 bridgehead atoms. The summed E-state index contributed by atoms with van der Waals surface area (Å²) in [5.74, 6) is 1.23. The monoisotopic (exact) mass is 401 g/mol. The van der Waals surface area contributed by atoms with E-state index in [4.69, 9.17) is 5.73 Å². The summed E-state index contributed by atoms with van der Waals surface area (Å²) in [6.07, 6.45) is 8.13. The molecule has 116 valence electrons. The van der Waals surface area contributed by atoms with Crippen LogP contribution < -0.4 is 11.1 Å². The minimum atomic E-state index is 0. The number of nitrogens with zero attached hydrogens (tertiary/aromatic N) is 3. The molecule has 3 N–H and O–H groups in total. The van der Waals surface area contributed by atoms with Crippen molar-refractivity contribution in [2.75, 3.05) is 18.4 Å². The van der Waals surface area contributed by atoms with Gasteiger partial charge in [-0.05, 0) is 50.9 Å². The molecule has 21 heavy (non-hydrogen) atoms. The number of likely N-dealkylation sites (tertiary alicyclic amines) is 1. The molecule has 0 spiro atoms. The van der Waals surface area contributed by atoms with E-state index in [0.717, 1.165) is 24.7 Å². The molecule has 6 heteroatoms. The van der Waals surface area contributed by atoms with Gasteiger partial charge in [-0.25, -0.2) is 9.98 Å². The summed E-state index contributed by atoms with van der Waals surface area (Å²) in [7, 11) is 0. The minimum absolute atomic E-state index is 0. The van der Waals surface area contributed by atoms with Crippen LogP contribution in [0.15, 0.2) is 29.4 Å². The van der Waals surface area contributed by atoms with Crippen molar-refractivity contribution in [3.8, 4) is 0 Å². The number of aromatic nitrogens is 1. The van der Waals surface area contributed by atoms with Gasteiger partial charge in [-0.1, -0.05) is 12.5 Å². The summed E-state index contributed by atoms with van der Waals surface area (Å²) in [4.78, 5) is 11.3. The van der Waals surface area contributed by atoms with Crippen molar-refractivity contribution in [2.24, 2.45) is 10.7 Å². The normalized spacial score (nSPS) is 26.6. The maximum absolute atomic E-state index is 5.93. The zero-order valence-corrected chi connectivity index (χ0v) is 14.6. The second kappa shape index (κ2) is 7.93. The van der Waals surface area contributed by atoms with Crippen molar-refractivity contribution in [1.29, 1.82) is 0 Å². The maximum atomic E-state index is 5.93. The third-order valence-corrected chi connectivity index (χ3v) is 4.24. The summed E-state index contributed by atoms with van der Waals surface area (Å²) >= 11 is 0. The van der Waals surface area contributed by atoms with Crippen molar-refractivity contribution in [2.45, 2.75) is 44.2 Å². The van der Waals surface area contributed by atoms with Gasteiger partial charge in [-0.15, -0.1) is 24.0 Å². The van der Waals surface area contributed by atoms with E-state index in [2.05, 4.69) is 20.2 Å². The maximum Gasteiger partial charge on any atom is 0.194 e. The molecule has 0 amide bonds. The van der Waals surface area contributed by atoms with Crippen LogP contribution in [0.5, 0.6) is 0 Å². The third kappa shape index (κ3) is 4.54. The van der Waals surface area contributed by atoms with Crippen LogP contribution in [0.3, 0.4) is 0 Å². The highest BCUT2D eigenvalue weighted by atomic mass is 127. The molecule has 0 radical (unpaired) electrons. The first-order chi connectivity index (χ1) is 9.81. The van der Waals surface area contributed by atoms with E-state index in [9.17, 15) is 0 Å². The van der Waals surface area contributed by atoms with Gasteiger partial charge >= 0.3 is 0 Å². The van der Waals surface area contributed by atoms with Crippen LogP contribution in [0, 0.1) is 0 Å². The van der Waals surface area contributed by atoms with Crippen molar-refractivity contribution >= 4 is 35.8 Å². The van der Waals surface area contributed by atoms with E-state index in [1.54, 1.807) is 6.20 Å². The predicted octanol–water partition coefficient (Wildman–Crippen LogP) is 2.44. The van der Waals surface area contributed by atoms with Crippen LogP contribution in [0.2, 0.25) is 0 Å². The van der Waals surface area contributed by atoms with Gasteiger partial charge in [0.25, 0.3) is 0 Å². The number of pyridine rings is 1. The first-order valence-electron chi connectivity index (χ1n) is 7.56. The largest absolute Gasteiger partial charge is 0.370 e. The molecule has 2 heterocycles. The molecule has 0 aromatic carbocycles. The Bertz CT molecular complexity index is 452. The minimum Gasteiger partial charge on any atom is -0.370 e. The highest BCUT2D eigenvalue weighted by Gasteiger charge is 2.33. The van der Waals surface area contributed by atoms with Gasteiger partial charge in [-0.2, -0.15) is 0 Å². The Labute approximate surface area is 143 Å². The summed E-state index contributed by atoms with van der Waals surface area (Å²) in [5, 5.41) is 3.04. The second-order valence-corrected chi connectivity index (χ2v) is 5.73. The number of halogens is 1. The number of nitrogens with two attached hydrogens (primary N) is 1. The molecule has 0 atom stereocenters. The Morgan fingerprint density at radius 1 is 1.24 bits per heavy atom. The molecule has 1 aliphatic carbocycles. The number of guanidine groups is 1. The van der Waals surface area contributed by atoms with E-state index >= 15 is 0 Å². The van der Waals surface area contributed by atoms with E-state index < -0.39 is 0 Å². The summed E-state index contributed by atoms with van der Waals surface area (Å²) in [6, 6.07) is 6.80. The van der Waals surface area contributed by atoms with Crippen LogP contribution >= 0.6 is 24.0 Å². The first kappa shape index (κ1) is 16.5. The van der Waals surface area contributed by atoms with Crippen molar-refractivity contribution < 1.29 is 0 Å². The molecular formula is C15H24IN5. The first-order valence-corrected chi connectivity index (χ1v) is 7.56. The van der Waals surface area contributed by atoms with Crippen LogP contribution in [-0.4, -0.2) is 41.0 Å². The predicted molar refractivity (Wildman–Crippen MR) is 97.1 cm³/mol. The summed E-state index contributed by atoms with van der Waals surface area (Å²) < 4.78 is 0. The number of rotatable bonds is 3. The van der Waals surface area contributed by atoms with E-state index in [1.807, 2.05) is 18.2 Å². The molecule has 1 saturated carbocycles. The van der Waals surface area contributed by atoms with Gasteiger partial charge in [0.15, 0.2) is 5.96 Å². The van der Waals surface area contributed by atoms with Crippen molar-refractivity contribution in [3.63, 3.8) is 0 Å². The standard InChI is InChI=1S/C15H23N5.HI/c16-15(19-14-6-2-3-7-17-14)18-12-10-13(11-12)20-8-4-1-5-9-20;/h2-3,6-7,12-13H,1,4-5,8-11H2,(H3,16,17,18,19);1H. The lowest BCUT2D eigenvalue weighted by atomic mass is 9.85. The molecule has 1 aliphatic heterocycles. The summed E-state index contributed by atoms with van der Waals surface area (Å²) in [5.41, 5.74) is 5.93. The number of nitrogens with one attached hydrogen (secondary N) is 1. The number of aliphatic imine (C=N–C) groups is 1. The highest BCUT2D eigenvalue weighted by molar-refractivity contribution is 14.0. The molecule has 0 unspecified atom stereocenters. The Hall–Kier alpha value is -0.890. The molecule has 1 saturated heterocycles. The fraction of sp³-hybridized carbons (Fsp3) is 0.600. The van der Waals surface area contributed by atoms with E-state index in [-0.39, 0.29) is 24.0 Å². The molecule has 5 nitrogen and oxygen atoms in total. The zero-order valence-electron chi connectivity index (χ0n) is 12.2. The lowest BCUT2D eigenvalue weighted by Crippen LogP contribution is -2.49. The van der Waals surface area contributed by atoms with Gasteiger partial charge in [0, 0.05) is 12.2 Å². The average molecular weight is 401 g/mol. The van der Waals surface area contributed by atoms with Crippen LogP contribution in [0.1, 0.15) is 32.1 Å². The molecule has 2 fully saturated rings. The molecule has 2 aliphatic rings. The zero-order chi connectivity index (χ0) is 13.8. The number of anilines is 1. The number of hydrogen-bond donors (Lipinski definition) is 2. The Balaban J connectivity index is 0.00000161. The van der Waals surface area contributed by atoms with Gasteiger partial charge in [-0.3, -0.25) is 0 Å². The number of piperidine rings is 1. The van der Waals surface area contributed by atoms with Gasteiger partial charge in [0.1, 0.15) is 5.82 Å². The average Bonchev–Trinajstić information content (AvgIpc) is 2.44. The van der Waals surface area contributed by atoms with Gasteiger partial charge in [0.05, 0.1) is 6.04 Å².